The van der Waals surface area contributed by atoms with Crippen molar-refractivity contribution in [3.05, 3.63) is 11.9 Å². The molecule has 1 N–H and O–H groups in total. The minimum atomic E-state index is -3.13. The van der Waals surface area contributed by atoms with Crippen molar-refractivity contribution >= 4 is 7.60 Å². The van der Waals surface area contributed by atoms with Crippen molar-refractivity contribution < 1.29 is 13.6 Å². The van der Waals surface area contributed by atoms with Gasteiger partial charge < -0.3 is 14.4 Å². The predicted octanol–water partition coefficient (Wildman–Crippen LogP) is 3.69. The summed E-state index contributed by atoms with van der Waals surface area (Å²) in [5.41, 5.74) is 0. The lowest BCUT2D eigenvalue weighted by molar-refractivity contribution is 0.225. The van der Waals surface area contributed by atoms with Gasteiger partial charge in [0.15, 0.2) is 0 Å². The Morgan fingerprint density at radius 3 is 2.28 bits per heavy atom. The van der Waals surface area contributed by atoms with Crippen LogP contribution in [0.2, 0.25) is 0 Å². The zero-order valence-electron chi connectivity index (χ0n) is 11.6. The van der Waals surface area contributed by atoms with Crippen LogP contribution in [-0.4, -0.2) is 25.8 Å². The Hall–Kier alpha value is -0.150. The van der Waals surface area contributed by atoms with Crippen molar-refractivity contribution in [2.45, 2.75) is 52.0 Å². The van der Waals surface area contributed by atoms with Gasteiger partial charge in [0.05, 0.1) is 13.2 Å². The van der Waals surface area contributed by atoms with E-state index in [-0.39, 0.29) is 0 Å². The third kappa shape index (κ3) is 4.85. The third-order valence-electron chi connectivity index (χ3n) is 3.19. The highest BCUT2D eigenvalue weighted by molar-refractivity contribution is 7.58. The van der Waals surface area contributed by atoms with Crippen LogP contribution in [0.4, 0.5) is 0 Å². The highest BCUT2D eigenvalue weighted by Crippen LogP contribution is 2.54. The monoisotopic (exact) mass is 275 g/mol. The fourth-order valence-corrected chi connectivity index (χ4v) is 3.63. The van der Waals surface area contributed by atoms with Gasteiger partial charge in [0.2, 0.25) is 0 Å². The standard InChI is InChI=1S/C13H26NO3P/c1-4-16-18(15,17-5-2)12(3)11-14-13-9-7-6-8-10-13/h13-14H,3-11H2,1-2H3. The third-order valence-corrected chi connectivity index (χ3v) is 5.31. The van der Waals surface area contributed by atoms with E-state index in [0.29, 0.717) is 31.1 Å². The number of rotatable bonds is 8. The van der Waals surface area contributed by atoms with Gasteiger partial charge >= 0.3 is 7.60 Å². The van der Waals surface area contributed by atoms with Crippen LogP contribution in [0.5, 0.6) is 0 Å². The maximum Gasteiger partial charge on any atom is 0.358 e. The van der Waals surface area contributed by atoms with Crippen LogP contribution >= 0.6 is 7.60 Å². The molecule has 1 saturated carbocycles. The lowest BCUT2D eigenvalue weighted by Gasteiger charge is -2.25. The molecule has 0 aromatic heterocycles. The Bertz CT molecular complexity index is 291. The summed E-state index contributed by atoms with van der Waals surface area (Å²) < 4.78 is 22.9. The van der Waals surface area contributed by atoms with E-state index >= 15 is 0 Å². The lowest BCUT2D eigenvalue weighted by Crippen LogP contribution is -2.32. The first-order valence-corrected chi connectivity index (χ1v) is 8.47. The predicted molar refractivity (Wildman–Crippen MR) is 74.9 cm³/mol. The summed E-state index contributed by atoms with van der Waals surface area (Å²) in [7, 11) is -3.13. The van der Waals surface area contributed by atoms with Crippen LogP contribution in [-0.2, 0) is 13.6 Å². The van der Waals surface area contributed by atoms with Crippen molar-refractivity contribution in [3.8, 4) is 0 Å². The van der Waals surface area contributed by atoms with Crippen molar-refractivity contribution in [1.82, 2.24) is 5.32 Å². The summed E-state index contributed by atoms with van der Waals surface area (Å²) >= 11 is 0. The molecule has 1 fully saturated rings. The lowest BCUT2D eigenvalue weighted by atomic mass is 9.95. The van der Waals surface area contributed by atoms with Gasteiger partial charge in [0.1, 0.15) is 0 Å². The minimum absolute atomic E-state index is 0.375. The molecular weight excluding hydrogens is 249 g/mol. The Balaban J connectivity index is 2.43. The van der Waals surface area contributed by atoms with Gasteiger partial charge in [-0.3, -0.25) is 4.57 Å². The maximum atomic E-state index is 12.4. The molecule has 0 heterocycles. The van der Waals surface area contributed by atoms with E-state index in [1.165, 1.54) is 32.1 Å². The highest BCUT2D eigenvalue weighted by atomic mass is 31.2. The largest absolute Gasteiger partial charge is 0.358 e. The molecular formula is C13H26NO3P. The van der Waals surface area contributed by atoms with Gasteiger partial charge in [-0.25, -0.2) is 0 Å². The first-order valence-electron chi connectivity index (χ1n) is 6.93. The molecule has 5 heteroatoms. The summed E-state index contributed by atoms with van der Waals surface area (Å²) in [6.45, 7) is 8.76. The van der Waals surface area contributed by atoms with Crippen LogP contribution in [0.1, 0.15) is 46.0 Å². The first kappa shape index (κ1) is 15.9. The quantitative estimate of drug-likeness (QED) is 0.686. The number of hydrogen-bond donors (Lipinski definition) is 1. The van der Waals surface area contributed by atoms with E-state index in [2.05, 4.69) is 11.9 Å². The fraction of sp³-hybridized carbons (Fsp3) is 0.846. The van der Waals surface area contributed by atoms with E-state index < -0.39 is 7.60 Å². The van der Waals surface area contributed by atoms with Gasteiger partial charge in [-0.1, -0.05) is 25.8 Å². The molecule has 0 aromatic rings. The Morgan fingerprint density at radius 2 is 1.78 bits per heavy atom. The Labute approximate surface area is 111 Å². The van der Waals surface area contributed by atoms with Crippen LogP contribution in [0.25, 0.3) is 0 Å². The van der Waals surface area contributed by atoms with E-state index in [1.807, 2.05) is 13.8 Å². The van der Waals surface area contributed by atoms with Crippen molar-refractivity contribution in [1.29, 1.82) is 0 Å². The molecule has 0 aliphatic heterocycles. The first-order chi connectivity index (χ1) is 8.62. The minimum Gasteiger partial charge on any atom is -0.310 e. The van der Waals surface area contributed by atoms with Gasteiger partial charge in [0.25, 0.3) is 0 Å². The summed E-state index contributed by atoms with van der Waals surface area (Å²) in [5.74, 6) is 0. The number of nitrogens with one attached hydrogen (secondary N) is 1. The molecule has 0 spiro atoms. The summed E-state index contributed by atoms with van der Waals surface area (Å²) in [5, 5.41) is 3.95. The van der Waals surface area contributed by atoms with Gasteiger partial charge in [-0.05, 0) is 26.7 Å². The smallest absolute Gasteiger partial charge is 0.310 e. The SMILES string of the molecule is C=C(CNC1CCCCC1)P(=O)(OCC)OCC. The van der Waals surface area contributed by atoms with Crippen LogP contribution in [0.3, 0.4) is 0 Å². The van der Waals surface area contributed by atoms with E-state index in [1.54, 1.807) is 0 Å². The van der Waals surface area contributed by atoms with Crippen molar-refractivity contribution in [3.63, 3.8) is 0 Å². The zero-order valence-corrected chi connectivity index (χ0v) is 12.5. The topological polar surface area (TPSA) is 47.6 Å². The summed E-state index contributed by atoms with van der Waals surface area (Å²) in [4.78, 5) is 0. The highest BCUT2D eigenvalue weighted by Gasteiger charge is 2.28. The van der Waals surface area contributed by atoms with Gasteiger partial charge in [-0.2, -0.15) is 0 Å². The van der Waals surface area contributed by atoms with Gasteiger partial charge in [0, 0.05) is 17.9 Å². The van der Waals surface area contributed by atoms with E-state index in [0.717, 1.165) is 0 Å². The number of hydrogen-bond acceptors (Lipinski definition) is 4. The molecule has 0 atom stereocenters. The van der Waals surface area contributed by atoms with Crippen LogP contribution < -0.4 is 5.32 Å². The molecule has 1 aliphatic carbocycles. The second-order valence-electron chi connectivity index (χ2n) is 4.62. The second-order valence-corrected chi connectivity index (χ2v) is 6.76. The molecule has 18 heavy (non-hydrogen) atoms. The second kappa shape index (κ2) is 8.11. The molecule has 0 bridgehead atoms. The van der Waals surface area contributed by atoms with Crippen LogP contribution in [0.15, 0.2) is 11.9 Å². The van der Waals surface area contributed by atoms with Crippen molar-refractivity contribution in [2.24, 2.45) is 0 Å². The summed E-state index contributed by atoms with van der Waals surface area (Å²) in [6, 6.07) is 0.521. The zero-order chi connectivity index (χ0) is 13.4. The average molecular weight is 275 g/mol. The molecule has 0 aromatic carbocycles. The molecule has 0 saturated heterocycles. The molecule has 1 rings (SSSR count). The molecule has 0 radical (unpaired) electrons. The fourth-order valence-electron chi connectivity index (χ4n) is 2.23. The molecule has 106 valence electrons. The molecule has 0 amide bonds. The average Bonchev–Trinajstić information content (AvgIpc) is 2.37. The normalized spacial score (nSPS) is 17.9. The van der Waals surface area contributed by atoms with Gasteiger partial charge in [-0.15, -0.1) is 0 Å². The van der Waals surface area contributed by atoms with Crippen LogP contribution in [0, 0.1) is 0 Å². The maximum absolute atomic E-state index is 12.4. The summed E-state index contributed by atoms with van der Waals surface area (Å²) in [6.07, 6.45) is 6.27. The van der Waals surface area contributed by atoms with Crippen molar-refractivity contribution in [2.75, 3.05) is 19.8 Å². The van der Waals surface area contributed by atoms with E-state index in [4.69, 9.17) is 9.05 Å². The Kier molecular flexibility index (Phi) is 7.16. The molecule has 4 nitrogen and oxygen atoms in total. The molecule has 0 unspecified atom stereocenters. The molecule has 1 aliphatic rings. The Morgan fingerprint density at radius 1 is 1.22 bits per heavy atom. The van der Waals surface area contributed by atoms with E-state index in [9.17, 15) is 4.57 Å².